The maximum absolute atomic E-state index is 11.8. The Balaban J connectivity index is 2.81. The smallest absolute Gasteiger partial charge is 0.107 e. The van der Waals surface area contributed by atoms with Gasteiger partial charge in [0.1, 0.15) is 6.67 Å². The standard InChI is InChI=1S/C9H11ClFN/c1-7-3-2-4-8(10)9(7)12-6-5-11/h2-4,12H,5-6H2,1H3. The molecule has 0 unspecified atom stereocenters. The molecular formula is C9H11ClFN. The average molecular weight is 188 g/mol. The lowest BCUT2D eigenvalue weighted by Crippen LogP contribution is -2.04. The molecule has 1 aromatic rings. The maximum atomic E-state index is 11.8. The normalized spacial score (nSPS) is 9.92. The minimum Gasteiger partial charge on any atom is -0.381 e. The van der Waals surface area contributed by atoms with Crippen molar-refractivity contribution in [2.75, 3.05) is 18.5 Å². The third-order valence-corrected chi connectivity index (χ3v) is 1.93. The van der Waals surface area contributed by atoms with Crippen molar-refractivity contribution in [1.29, 1.82) is 0 Å². The zero-order chi connectivity index (χ0) is 8.97. The van der Waals surface area contributed by atoms with E-state index in [0.29, 0.717) is 11.6 Å². The predicted molar refractivity (Wildman–Crippen MR) is 50.7 cm³/mol. The second-order valence-electron chi connectivity index (χ2n) is 2.55. The molecule has 0 radical (unpaired) electrons. The fourth-order valence-corrected chi connectivity index (χ4v) is 1.32. The molecule has 3 heteroatoms. The fraction of sp³-hybridized carbons (Fsp3) is 0.333. The van der Waals surface area contributed by atoms with Crippen LogP contribution in [0, 0.1) is 6.92 Å². The van der Waals surface area contributed by atoms with Crippen molar-refractivity contribution in [1.82, 2.24) is 0 Å². The average Bonchev–Trinajstić information content (AvgIpc) is 2.04. The quantitative estimate of drug-likeness (QED) is 0.767. The first-order valence-electron chi connectivity index (χ1n) is 3.80. The molecule has 12 heavy (non-hydrogen) atoms. The number of benzene rings is 1. The van der Waals surface area contributed by atoms with E-state index in [9.17, 15) is 4.39 Å². The zero-order valence-corrected chi connectivity index (χ0v) is 7.66. The minimum absolute atomic E-state index is 0.310. The van der Waals surface area contributed by atoms with E-state index in [1.54, 1.807) is 6.07 Å². The van der Waals surface area contributed by atoms with E-state index in [-0.39, 0.29) is 6.67 Å². The van der Waals surface area contributed by atoms with E-state index in [4.69, 9.17) is 11.6 Å². The van der Waals surface area contributed by atoms with Gasteiger partial charge in [-0.25, -0.2) is 4.39 Å². The number of anilines is 1. The van der Waals surface area contributed by atoms with Gasteiger partial charge in [0, 0.05) is 6.54 Å². The minimum atomic E-state index is -0.384. The van der Waals surface area contributed by atoms with Gasteiger partial charge in [0.2, 0.25) is 0 Å². The first-order chi connectivity index (χ1) is 5.75. The van der Waals surface area contributed by atoms with E-state index in [2.05, 4.69) is 5.32 Å². The van der Waals surface area contributed by atoms with Crippen LogP contribution in [0.25, 0.3) is 0 Å². The van der Waals surface area contributed by atoms with Gasteiger partial charge in [-0.2, -0.15) is 0 Å². The van der Waals surface area contributed by atoms with Crippen LogP contribution in [0.1, 0.15) is 5.56 Å². The highest BCUT2D eigenvalue weighted by Gasteiger charge is 2.01. The Kier molecular flexibility index (Phi) is 3.35. The van der Waals surface area contributed by atoms with Crippen LogP contribution in [0.5, 0.6) is 0 Å². The van der Waals surface area contributed by atoms with Crippen molar-refractivity contribution < 1.29 is 4.39 Å². The van der Waals surface area contributed by atoms with Crippen molar-refractivity contribution >= 4 is 17.3 Å². The Labute approximate surface area is 76.5 Å². The molecule has 0 saturated heterocycles. The number of hydrogen-bond donors (Lipinski definition) is 1. The zero-order valence-electron chi connectivity index (χ0n) is 6.90. The maximum Gasteiger partial charge on any atom is 0.107 e. The molecule has 0 aliphatic carbocycles. The molecule has 1 N–H and O–H groups in total. The molecule has 0 aromatic heterocycles. The summed E-state index contributed by atoms with van der Waals surface area (Å²) in [5, 5.41) is 3.57. The third kappa shape index (κ3) is 2.11. The van der Waals surface area contributed by atoms with Crippen molar-refractivity contribution in [2.24, 2.45) is 0 Å². The summed E-state index contributed by atoms with van der Waals surface area (Å²) in [5.74, 6) is 0. The van der Waals surface area contributed by atoms with Crippen LogP contribution in [0.2, 0.25) is 5.02 Å². The van der Waals surface area contributed by atoms with E-state index in [1.807, 2.05) is 19.1 Å². The second-order valence-corrected chi connectivity index (χ2v) is 2.95. The Morgan fingerprint density at radius 1 is 1.50 bits per heavy atom. The van der Waals surface area contributed by atoms with Crippen LogP contribution in [-0.2, 0) is 0 Å². The molecular weight excluding hydrogens is 177 g/mol. The van der Waals surface area contributed by atoms with Gasteiger partial charge in [0.05, 0.1) is 10.7 Å². The molecule has 0 amide bonds. The first-order valence-corrected chi connectivity index (χ1v) is 4.18. The Morgan fingerprint density at radius 2 is 2.25 bits per heavy atom. The van der Waals surface area contributed by atoms with E-state index >= 15 is 0 Å². The number of para-hydroxylation sites is 1. The Hall–Kier alpha value is -0.760. The third-order valence-electron chi connectivity index (χ3n) is 1.62. The molecule has 0 spiro atoms. The Morgan fingerprint density at radius 3 is 2.83 bits per heavy atom. The van der Waals surface area contributed by atoms with Gasteiger partial charge >= 0.3 is 0 Å². The SMILES string of the molecule is Cc1cccc(Cl)c1NCCF. The van der Waals surface area contributed by atoms with E-state index in [0.717, 1.165) is 11.3 Å². The lowest BCUT2D eigenvalue weighted by Gasteiger charge is -2.08. The molecule has 0 heterocycles. The second kappa shape index (κ2) is 4.31. The highest BCUT2D eigenvalue weighted by atomic mass is 35.5. The van der Waals surface area contributed by atoms with Gasteiger partial charge in [-0.1, -0.05) is 23.7 Å². The molecule has 0 atom stereocenters. The van der Waals surface area contributed by atoms with Crippen molar-refractivity contribution in [3.63, 3.8) is 0 Å². The van der Waals surface area contributed by atoms with Crippen LogP contribution >= 0.6 is 11.6 Å². The van der Waals surface area contributed by atoms with Crippen molar-refractivity contribution in [3.05, 3.63) is 28.8 Å². The molecule has 1 rings (SSSR count). The largest absolute Gasteiger partial charge is 0.381 e. The number of alkyl halides is 1. The number of hydrogen-bond acceptors (Lipinski definition) is 1. The van der Waals surface area contributed by atoms with E-state index in [1.165, 1.54) is 0 Å². The highest BCUT2D eigenvalue weighted by molar-refractivity contribution is 6.33. The van der Waals surface area contributed by atoms with Crippen LogP contribution in [-0.4, -0.2) is 13.2 Å². The summed E-state index contributed by atoms with van der Waals surface area (Å²) in [7, 11) is 0. The number of rotatable bonds is 3. The topological polar surface area (TPSA) is 12.0 Å². The molecule has 0 aliphatic heterocycles. The molecule has 1 nitrogen and oxygen atoms in total. The van der Waals surface area contributed by atoms with Crippen LogP contribution in [0.3, 0.4) is 0 Å². The van der Waals surface area contributed by atoms with Crippen LogP contribution < -0.4 is 5.32 Å². The summed E-state index contributed by atoms with van der Waals surface area (Å²) in [6.07, 6.45) is 0. The monoisotopic (exact) mass is 187 g/mol. The molecule has 0 bridgehead atoms. The van der Waals surface area contributed by atoms with Crippen LogP contribution in [0.15, 0.2) is 18.2 Å². The molecule has 0 fully saturated rings. The fourth-order valence-electron chi connectivity index (χ4n) is 1.03. The summed E-state index contributed by atoms with van der Waals surface area (Å²) in [4.78, 5) is 0. The van der Waals surface area contributed by atoms with Gasteiger partial charge < -0.3 is 5.32 Å². The summed E-state index contributed by atoms with van der Waals surface area (Å²) in [6.45, 7) is 1.86. The lowest BCUT2D eigenvalue weighted by atomic mass is 10.2. The van der Waals surface area contributed by atoms with Crippen LogP contribution in [0.4, 0.5) is 10.1 Å². The number of halogens is 2. The highest BCUT2D eigenvalue weighted by Crippen LogP contribution is 2.24. The Bertz CT molecular complexity index is 242. The van der Waals surface area contributed by atoms with Crippen molar-refractivity contribution in [2.45, 2.75) is 6.92 Å². The summed E-state index contributed by atoms with van der Waals surface area (Å²) in [5.41, 5.74) is 1.87. The van der Waals surface area contributed by atoms with E-state index < -0.39 is 0 Å². The van der Waals surface area contributed by atoms with Gasteiger partial charge in [0.15, 0.2) is 0 Å². The molecule has 0 saturated carbocycles. The molecule has 0 aliphatic rings. The summed E-state index contributed by atoms with van der Waals surface area (Å²) in [6, 6.07) is 5.60. The van der Waals surface area contributed by atoms with Gasteiger partial charge in [-0.3, -0.25) is 0 Å². The molecule has 66 valence electrons. The van der Waals surface area contributed by atoms with Gasteiger partial charge in [0.25, 0.3) is 0 Å². The molecule has 1 aromatic carbocycles. The van der Waals surface area contributed by atoms with Gasteiger partial charge in [-0.15, -0.1) is 0 Å². The summed E-state index contributed by atoms with van der Waals surface area (Å²) >= 11 is 5.88. The van der Waals surface area contributed by atoms with Crippen molar-refractivity contribution in [3.8, 4) is 0 Å². The first kappa shape index (κ1) is 9.33. The number of aryl methyl sites for hydroxylation is 1. The number of nitrogens with one attached hydrogen (secondary N) is 1. The predicted octanol–water partition coefficient (Wildman–Crippen LogP) is 3.03. The summed E-state index contributed by atoms with van der Waals surface area (Å²) < 4.78 is 11.8. The lowest BCUT2D eigenvalue weighted by molar-refractivity contribution is 0.512. The van der Waals surface area contributed by atoms with Gasteiger partial charge in [-0.05, 0) is 18.6 Å².